The zero-order chi connectivity index (χ0) is 20.3. The third-order valence-corrected chi connectivity index (χ3v) is 7.67. The SMILES string of the molecule is CN(C)S(=O)(=O)c1ccc(C(=O)OCC(=O)N2CC[C@@H]3CCCC[C@@H]3C2)cc1. The second kappa shape index (κ2) is 8.61. The summed E-state index contributed by atoms with van der Waals surface area (Å²) in [5.74, 6) is 0.518. The second-order valence-electron chi connectivity index (χ2n) is 7.82. The first-order chi connectivity index (χ1) is 13.3. The van der Waals surface area contributed by atoms with Gasteiger partial charge in [0.1, 0.15) is 0 Å². The predicted molar refractivity (Wildman–Crippen MR) is 104 cm³/mol. The van der Waals surface area contributed by atoms with Crippen molar-refractivity contribution in [1.29, 1.82) is 0 Å². The summed E-state index contributed by atoms with van der Waals surface area (Å²) in [5, 5.41) is 0. The molecular weight excluding hydrogens is 380 g/mol. The molecule has 1 saturated carbocycles. The van der Waals surface area contributed by atoms with Gasteiger partial charge in [-0.25, -0.2) is 17.5 Å². The molecule has 8 heteroatoms. The van der Waals surface area contributed by atoms with Crippen LogP contribution in [0.25, 0.3) is 0 Å². The number of sulfonamides is 1. The van der Waals surface area contributed by atoms with E-state index in [0.29, 0.717) is 5.92 Å². The monoisotopic (exact) mass is 408 g/mol. The van der Waals surface area contributed by atoms with Gasteiger partial charge < -0.3 is 9.64 Å². The van der Waals surface area contributed by atoms with E-state index < -0.39 is 16.0 Å². The van der Waals surface area contributed by atoms with Crippen LogP contribution < -0.4 is 0 Å². The first kappa shape index (κ1) is 20.8. The van der Waals surface area contributed by atoms with E-state index in [2.05, 4.69) is 0 Å². The molecule has 154 valence electrons. The maximum absolute atomic E-state index is 12.4. The van der Waals surface area contributed by atoms with Crippen molar-refractivity contribution in [3.05, 3.63) is 29.8 Å². The molecule has 2 aliphatic rings. The van der Waals surface area contributed by atoms with Crippen molar-refractivity contribution in [2.45, 2.75) is 37.0 Å². The Balaban J connectivity index is 1.53. The zero-order valence-corrected chi connectivity index (χ0v) is 17.3. The smallest absolute Gasteiger partial charge is 0.338 e. The lowest BCUT2D eigenvalue weighted by atomic mass is 9.75. The molecule has 1 aliphatic heterocycles. The number of fused-ring (bicyclic) bond motifs is 1. The number of hydrogen-bond donors (Lipinski definition) is 0. The molecule has 0 bridgehead atoms. The fraction of sp³-hybridized carbons (Fsp3) is 0.600. The normalized spacial score (nSPS) is 22.6. The van der Waals surface area contributed by atoms with Crippen LogP contribution in [0, 0.1) is 11.8 Å². The molecule has 1 heterocycles. The third kappa shape index (κ3) is 4.55. The van der Waals surface area contributed by atoms with Crippen molar-refractivity contribution >= 4 is 21.9 Å². The van der Waals surface area contributed by atoms with Gasteiger partial charge in [0, 0.05) is 27.2 Å². The van der Waals surface area contributed by atoms with Gasteiger partial charge in [-0.3, -0.25) is 4.79 Å². The predicted octanol–water partition coefficient (Wildman–Crippen LogP) is 2.13. The lowest BCUT2D eigenvalue weighted by Crippen LogP contribution is -2.46. The van der Waals surface area contributed by atoms with Crippen LogP contribution in [0.5, 0.6) is 0 Å². The van der Waals surface area contributed by atoms with Crippen molar-refractivity contribution in [1.82, 2.24) is 9.21 Å². The van der Waals surface area contributed by atoms with Crippen LogP contribution in [0.4, 0.5) is 0 Å². The van der Waals surface area contributed by atoms with Crippen LogP contribution in [0.15, 0.2) is 29.2 Å². The topological polar surface area (TPSA) is 84.0 Å². The number of rotatable bonds is 5. The molecule has 7 nitrogen and oxygen atoms in total. The Labute approximate surface area is 166 Å². The van der Waals surface area contributed by atoms with Crippen molar-refractivity contribution in [2.24, 2.45) is 11.8 Å². The Morgan fingerprint density at radius 2 is 1.71 bits per heavy atom. The lowest BCUT2D eigenvalue weighted by Gasteiger charge is -2.41. The molecule has 1 aromatic rings. The summed E-state index contributed by atoms with van der Waals surface area (Å²) in [4.78, 5) is 26.5. The van der Waals surface area contributed by atoms with E-state index in [4.69, 9.17) is 4.74 Å². The van der Waals surface area contributed by atoms with Gasteiger partial charge in [0.05, 0.1) is 10.5 Å². The summed E-state index contributed by atoms with van der Waals surface area (Å²) >= 11 is 0. The summed E-state index contributed by atoms with van der Waals surface area (Å²) in [6.07, 6.45) is 6.00. The fourth-order valence-corrected chi connectivity index (χ4v) is 5.00. The van der Waals surface area contributed by atoms with Gasteiger partial charge in [-0.05, 0) is 48.9 Å². The van der Waals surface area contributed by atoms with Crippen molar-refractivity contribution < 1.29 is 22.7 Å². The fourth-order valence-electron chi connectivity index (χ4n) is 4.10. The number of amides is 1. The standard InChI is InChI=1S/C20H28N2O5S/c1-21(2)28(25,26)18-9-7-16(8-10-18)20(24)27-14-19(23)22-12-11-15-5-3-4-6-17(15)13-22/h7-10,15,17H,3-6,11-14H2,1-2H3/t15-,17+/m0/s1. The molecule has 0 spiro atoms. The highest BCUT2D eigenvalue weighted by Gasteiger charge is 2.33. The molecule has 0 N–H and O–H groups in total. The van der Waals surface area contributed by atoms with Crippen LogP contribution in [-0.4, -0.2) is 63.3 Å². The number of esters is 1. The Morgan fingerprint density at radius 3 is 2.36 bits per heavy atom. The molecule has 0 radical (unpaired) electrons. The minimum Gasteiger partial charge on any atom is -0.452 e. The quantitative estimate of drug-likeness (QED) is 0.697. The highest BCUT2D eigenvalue weighted by molar-refractivity contribution is 7.89. The lowest BCUT2D eigenvalue weighted by molar-refractivity contribution is -0.137. The van der Waals surface area contributed by atoms with E-state index in [1.807, 2.05) is 4.90 Å². The van der Waals surface area contributed by atoms with Gasteiger partial charge in [-0.1, -0.05) is 19.3 Å². The molecule has 1 aliphatic carbocycles. The summed E-state index contributed by atoms with van der Waals surface area (Å²) in [6, 6.07) is 5.52. The average Bonchev–Trinajstić information content (AvgIpc) is 2.71. The van der Waals surface area contributed by atoms with E-state index in [-0.39, 0.29) is 23.0 Å². The number of likely N-dealkylation sites (tertiary alicyclic amines) is 1. The number of ether oxygens (including phenoxy) is 1. The first-order valence-corrected chi connectivity index (χ1v) is 11.2. The van der Waals surface area contributed by atoms with Gasteiger partial charge >= 0.3 is 5.97 Å². The minimum absolute atomic E-state index is 0.0977. The maximum atomic E-state index is 12.4. The Bertz CT molecular complexity index is 820. The van der Waals surface area contributed by atoms with Crippen LogP contribution in [0.3, 0.4) is 0 Å². The first-order valence-electron chi connectivity index (χ1n) is 9.76. The molecule has 1 aromatic carbocycles. The maximum Gasteiger partial charge on any atom is 0.338 e. The number of carbonyl (C=O) groups is 2. The van der Waals surface area contributed by atoms with Gasteiger partial charge in [0.15, 0.2) is 6.61 Å². The van der Waals surface area contributed by atoms with E-state index in [0.717, 1.165) is 29.7 Å². The highest BCUT2D eigenvalue weighted by atomic mass is 32.2. The number of piperidine rings is 1. The van der Waals surface area contributed by atoms with Crippen LogP contribution in [-0.2, 0) is 19.6 Å². The molecule has 2 fully saturated rings. The van der Waals surface area contributed by atoms with Crippen LogP contribution >= 0.6 is 0 Å². The van der Waals surface area contributed by atoms with E-state index in [1.54, 1.807) is 0 Å². The Morgan fingerprint density at radius 1 is 1.07 bits per heavy atom. The zero-order valence-electron chi connectivity index (χ0n) is 16.5. The number of nitrogens with zero attached hydrogens (tertiary/aromatic N) is 2. The molecule has 0 aromatic heterocycles. The highest BCUT2D eigenvalue weighted by Crippen LogP contribution is 2.36. The molecule has 28 heavy (non-hydrogen) atoms. The van der Waals surface area contributed by atoms with E-state index >= 15 is 0 Å². The average molecular weight is 409 g/mol. The minimum atomic E-state index is -3.55. The summed E-state index contributed by atoms with van der Waals surface area (Å²) in [7, 11) is -0.662. The summed E-state index contributed by atoms with van der Waals surface area (Å²) < 4.78 is 30.4. The number of hydrogen-bond acceptors (Lipinski definition) is 5. The largest absolute Gasteiger partial charge is 0.452 e. The molecule has 1 saturated heterocycles. The van der Waals surface area contributed by atoms with Gasteiger partial charge in [0.25, 0.3) is 5.91 Å². The number of carbonyl (C=O) groups excluding carboxylic acids is 2. The van der Waals surface area contributed by atoms with E-state index in [1.165, 1.54) is 64.0 Å². The van der Waals surface area contributed by atoms with Gasteiger partial charge in [-0.15, -0.1) is 0 Å². The molecule has 3 rings (SSSR count). The van der Waals surface area contributed by atoms with Crippen molar-refractivity contribution in [2.75, 3.05) is 33.8 Å². The van der Waals surface area contributed by atoms with Crippen LogP contribution in [0.2, 0.25) is 0 Å². The summed E-state index contributed by atoms with van der Waals surface area (Å²) in [5.41, 5.74) is 0.219. The van der Waals surface area contributed by atoms with Crippen LogP contribution in [0.1, 0.15) is 42.5 Å². The Hall–Kier alpha value is -1.93. The molecular formula is C20H28N2O5S. The van der Waals surface area contributed by atoms with Crippen molar-refractivity contribution in [3.8, 4) is 0 Å². The molecule has 0 unspecified atom stereocenters. The molecule has 2 atom stereocenters. The second-order valence-corrected chi connectivity index (χ2v) is 9.97. The van der Waals surface area contributed by atoms with Crippen molar-refractivity contribution in [3.63, 3.8) is 0 Å². The van der Waals surface area contributed by atoms with Gasteiger partial charge in [0.2, 0.25) is 10.0 Å². The Kier molecular flexibility index (Phi) is 6.40. The molecule has 1 amide bonds. The third-order valence-electron chi connectivity index (χ3n) is 5.84. The number of benzene rings is 1. The summed E-state index contributed by atoms with van der Waals surface area (Å²) in [6.45, 7) is 1.21. The van der Waals surface area contributed by atoms with Gasteiger partial charge in [-0.2, -0.15) is 0 Å². The van der Waals surface area contributed by atoms with E-state index in [9.17, 15) is 18.0 Å².